The van der Waals surface area contributed by atoms with Crippen LogP contribution in [0.15, 0.2) is 0 Å². The van der Waals surface area contributed by atoms with Crippen LogP contribution in [0.25, 0.3) is 0 Å². The number of likely N-dealkylation sites (tertiary alicyclic amines) is 1. The highest BCUT2D eigenvalue weighted by Gasteiger charge is 2.16. The molecule has 1 aliphatic heterocycles. The van der Waals surface area contributed by atoms with Gasteiger partial charge in [0.1, 0.15) is 5.01 Å². The molecule has 0 atom stereocenters. The van der Waals surface area contributed by atoms with Gasteiger partial charge in [-0.05, 0) is 19.8 Å². The van der Waals surface area contributed by atoms with Gasteiger partial charge in [-0.3, -0.25) is 9.59 Å². The lowest BCUT2D eigenvalue weighted by Crippen LogP contribution is -2.32. The third-order valence-corrected chi connectivity index (χ3v) is 4.05. The Kier molecular flexibility index (Phi) is 5.46. The van der Waals surface area contributed by atoms with E-state index in [0.717, 1.165) is 30.9 Å². The normalized spacial score (nSPS) is 15.8. The maximum absolute atomic E-state index is 12.0. The van der Waals surface area contributed by atoms with E-state index in [4.69, 9.17) is 0 Å². The highest BCUT2D eigenvalue weighted by atomic mass is 32.1. The minimum atomic E-state index is -0.177. The van der Waals surface area contributed by atoms with Crippen LogP contribution in [0.5, 0.6) is 0 Å². The number of carbonyl (C=O) groups is 2. The van der Waals surface area contributed by atoms with Crippen molar-refractivity contribution in [2.45, 2.75) is 45.4 Å². The van der Waals surface area contributed by atoms with Crippen LogP contribution in [0, 0.1) is 6.92 Å². The Hall–Kier alpha value is -1.50. The molecule has 2 amide bonds. The number of hydrogen-bond donors (Lipinski definition) is 1. The second-order valence-corrected chi connectivity index (χ2v) is 6.15. The Morgan fingerprint density at radius 3 is 2.45 bits per heavy atom. The van der Waals surface area contributed by atoms with Crippen molar-refractivity contribution < 1.29 is 9.59 Å². The van der Waals surface area contributed by atoms with Crippen molar-refractivity contribution in [2.24, 2.45) is 0 Å². The third kappa shape index (κ3) is 4.56. The molecular formula is C13H20N4O2S. The molecule has 6 nitrogen and oxygen atoms in total. The van der Waals surface area contributed by atoms with Gasteiger partial charge >= 0.3 is 0 Å². The molecule has 2 heterocycles. The van der Waals surface area contributed by atoms with Gasteiger partial charge in [0.2, 0.25) is 16.9 Å². The standard InChI is InChI=1S/C13H20N4O2S/c1-10-15-16-13(20-10)14-11(18)6-7-12(19)17-8-4-2-3-5-9-17/h2-9H2,1H3,(H,14,16,18). The van der Waals surface area contributed by atoms with Crippen LogP contribution in [0.3, 0.4) is 0 Å². The van der Waals surface area contributed by atoms with Crippen molar-refractivity contribution in [3.8, 4) is 0 Å². The second kappa shape index (κ2) is 7.33. The first kappa shape index (κ1) is 14.9. The molecule has 1 aromatic heterocycles. The molecule has 1 saturated heterocycles. The number of aryl methyl sites for hydroxylation is 1. The fourth-order valence-electron chi connectivity index (χ4n) is 2.23. The van der Waals surface area contributed by atoms with Crippen LogP contribution in [0.4, 0.5) is 5.13 Å². The number of carbonyl (C=O) groups excluding carboxylic acids is 2. The summed E-state index contributed by atoms with van der Waals surface area (Å²) >= 11 is 1.33. The average Bonchev–Trinajstić information content (AvgIpc) is 2.69. The molecule has 20 heavy (non-hydrogen) atoms. The largest absolute Gasteiger partial charge is 0.343 e. The molecule has 0 aromatic carbocycles. The van der Waals surface area contributed by atoms with E-state index < -0.39 is 0 Å². The molecule has 1 aliphatic rings. The van der Waals surface area contributed by atoms with Gasteiger partial charge in [0, 0.05) is 25.9 Å². The van der Waals surface area contributed by atoms with Crippen LogP contribution in [0.1, 0.15) is 43.5 Å². The van der Waals surface area contributed by atoms with Gasteiger partial charge in [-0.25, -0.2) is 0 Å². The molecule has 110 valence electrons. The average molecular weight is 296 g/mol. The summed E-state index contributed by atoms with van der Waals surface area (Å²) in [6, 6.07) is 0. The fraction of sp³-hybridized carbons (Fsp3) is 0.692. The van der Waals surface area contributed by atoms with Gasteiger partial charge in [-0.2, -0.15) is 0 Å². The molecular weight excluding hydrogens is 276 g/mol. The van der Waals surface area contributed by atoms with Gasteiger partial charge in [-0.1, -0.05) is 24.2 Å². The van der Waals surface area contributed by atoms with Crippen LogP contribution in [-0.2, 0) is 9.59 Å². The van der Waals surface area contributed by atoms with Crippen LogP contribution in [-0.4, -0.2) is 40.0 Å². The summed E-state index contributed by atoms with van der Waals surface area (Å²) in [7, 11) is 0. The Morgan fingerprint density at radius 1 is 1.15 bits per heavy atom. The van der Waals surface area contributed by atoms with Gasteiger partial charge < -0.3 is 10.2 Å². The summed E-state index contributed by atoms with van der Waals surface area (Å²) in [6.45, 7) is 3.49. The second-order valence-electron chi connectivity index (χ2n) is 4.97. The van der Waals surface area contributed by atoms with E-state index in [0.29, 0.717) is 5.13 Å². The first-order chi connectivity index (χ1) is 9.65. The van der Waals surface area contributed by atoms with Crippen molar-refractivity contribution in [3.63, 3.8) is 0 Å². The smallest absolute Gasteiger partial charge is 0.226 e. The lowest BCUT2D eigenvalue weighted by atomic mass is 10.2. The summed E-state index contributed by atoms with van der Waals surface area (Å²) in [5.74, 6) is -0.0974. The molecule has 2 rings (SSSR count). The monoisotopic (exact) mass is 296 g/mol. The zero-order valence-electron chi connectivity index (χ0n) is 11.7. The summed E-state index contributed by atoms with van der Waals surface area (Å²) in [6.07, 6.45) is 5.00. The Bertz CT molecular complexity index is 467. The van der Waals surface area contributed by atoms with Gasteiger partial charge in [-0.15, -0.1) is 10.2 Å². The Balaban J connectivity index is 1.73. The number of nitrogens with one attached hydrogen (secondary N) is 1. The van der Waals surface area contributed by atoms with Gasteiger partial charge in [0.05, 0.1) is 0 Å². The third-order valence-electron chi connectivity index (χ3n) is 3.30. The molecule has 0 saturated carbocycles. The molecule has 7 heteroatoms. The molecule has 0 aliphatic carbocycles. The SMILES string of the molecule is Cc1nnc(NC(=O)CCC(=O)N2CCCCCC2)s1. The number of aromatic nitrogens is 2. The Labute approximate surface area is 122 Å². The van der Waals surface area contributed by atoms with E-state index in [1.807, 2.05) is 11.8 Å². The van der Waals surface area contributed by atoms with Gasteiger partial charge in [0.25, 0.3) is 0 Å². The summed E-state index contributed by atoms with van der Waals surface area (Å²) in [5, 5.41) is 11.6. The fourth-order valence-corrected chi connectivity index (χ4v) is 2.84. The molecule has 1 aromatic rings. The van der Waals surface area contributed by atoms with Gasteiger partial charge in [0.15, 0.2) is 0 Å². The maximum Gasteiger partial charge on any atom is 0.226 e. The first-order valence-corrected chi connectivity index (χ1v) is 7.84. The topological polar surface area (TPSA) is 75.2 Å². The summed E-state index contributed by atoms with van der Waals surface area (Å²) in [4.78, 5) is 25.7. The molecule has 0 unspecified atom stereocenters. The number of hydrogen-bond acceptors (Lipinski definition) is 5. The minimum Gasteiger partial charge on any atom is -0.343 e. The molecule has 0 spiro atoms. The van der Waals surface area contributed by atoms with Crippen LogP contribution >= 0.6 is 11.3 Å². The van der Waals surface area contributed by atoms with E-state index in [1.54, 1.807) is 0 Å². The van der Waals surface area contributed by atoms with E-state index in [-0.39, 0.29) is 24.7 Å². The summed E-state index contributed by atoms with van der Waals surface area (Å²) in [5.41, 5.74) is 0. The molecule has 0 bridgehead atoms. The number of amides is 2. The Morgan fingerprint density at radius 2 is 1.85 bits per heavy atom. The van der Waals surface area contributed by atoms with Crippen molar-refractivity contribution in [1.29, 1.82) is 0 Å². The van der Waals surface area contributed by atoms with Crippen molar-refractivity contribution in [1.82, 2.24) is 15.1 Å². The minimum absolute atomic E-state index is 0.0792. The lowest BCUT2D eigenvalue weighted by molar-refractivity contribution is -0.132. The first-order valence-electron chi connectivity index (χ1n) is 7.03. The quantitative estimate of drug-likeness (QED) is 0.921. The van der Waals surface area contributed by atoms with Crippen LogP contribution in [0.2, 0.25) is 0 Å². The number of anilines is 1. The molecule has 1 fully saturated rings. The summed E-state index contributed by atoms with van der Waals surface area (Å²) < 4.78 is 0. The lowest BCUT2D eigenvalue weighted by Gasteiger charge is -2.19. The van der Waals surface area contributed by atoms with E-state index in [9.17, 15) is 9.59 Å². The molecule has 0 radical (unpaired) electrons. The van der Waals surface area contributed by atoms with E-state index >= 15 is 0 Å². The molecule has 1 N–H and O–H groups in total. The van der Waals surface area contributed by atoms with E-state index in [1.165, 1.54) is 24.2 Å². The zero-order chi connectivity index (χ0) is 14.4. The van der Waals surface area contributed by atoms with Crippen LogP contribution < -0.4 is 5.32 Å². The maximum atomic E-state index is 12.0. The van der Waals surface area contributed by atoms with Crippen molar-refractivity contribution in [2.75, 3.05) is 18.4 Å². The van der Waals surface area contributed by atoms with Crippen molar-refractivity contribution in [3.05, 3.63) is 5.01 Å². The zero-order valence-corrected chi connectivity index (χ0v) is 12.5. The van der Waals surface area contributed by atoms with E-state index in [2.05, 4.69) is 15.5 Å². The highest BCUT2D eigenvalue weighted by molar-refractivity contribution is 7.15. The van der Waals surface area contributed by atoms with Crippen molar-refractivity contribution >= 4 is 28.3 Å². The number of nitrogens with zero attached hydrogens (tertiary/aromatic N) is 3. The predicted molar refractivity (Wildman–Crippen MR) is 77.6 cm³/mol. The predicted octanol–water partition coefficient (Wildman–Crippen LogP) is 1.97. The highest BCUT2D eigenvalue weighted by Crippen LogP contribution is 2.15. The number of rotatable bonds is 4.